The van der Waals surface area contributed by atoms with Crippen molar-refractivity contribution in [3.05, 3.63) is 41.9 Å². The first-order valence-corrected chi connectivity index (χ1v) is 6.66. The van der Waals surface area contributed by atoms with Crippen molar-refractivity contribution in [2.45, 2.75) is 26.4 Å². The van der Waals surface area contributed by atoms with Gasteiger partial charge in [0.25, 0.3) is 5.91 Å². The van der Waals surface area contributed by atoms with Gasteiger partial charge in [0.05, 0.1) is 0 Å². The second-order valence-electron chi connectivity index (χ2n) is 4.94. The van der Waals surface area contributed by atoms with E-state index in [0.29, 0.717) is 11.6 Å². The molecule has 3 rings (SSSR count). The SMILES string of the molecule is Cc1nnc(CN2C(=O)C(C)N(c3ccc(F)cc3)C2=O)o1. The minimum atomic E-state index is -0.679. The van der Waals surface area contributed by atoms with Crippen LogP contribution in [0.4, 0.5) is 14.9 Å². The summed E-state index contributed by atoms with van der Waals surface area (Å²) in [5.41, 5.74) is 0.455. The topological polar surface area (TPSA) is 79.5 Å². The predicted octanol–water partition coefficient (Wildman–Crippen LogP) is 1.87. The number of nitrogens with zero attached hydrogens (tertiary/aromatic N) is 4. The van der Waals surface area contributed by atoms with Gasteiger partial charge in [-0.25, -0.2) is 9.18 Å². The molecule has 114 valence electrons. The molecule has 1 saturated heterocycles. The Labute approximate surface area is 125 Å². The standard InChI is InChI=1S/C14H13FN4O3/c1-8-13(20)18(7-12-17-16-9(2)22-12)14(21)19(8)11-5-3-10(15)4-6-11/h3-6,8H,7H2,1-2H3. The zero-order valence-corrected chi connectivity index (χ0v) is 12.0. The van der Waals surface area contributed by atoms with E-state index in [1.54, 1.807) is 13.8 Å². The third kappa shape index (κ3) is 2.32. The Morgan fingerprint density at radius 2 is 1.91 bits per heavy atom. The summed E-state index contributed by atoms with van der Waals surface area (Å²) in [6, 6.07) is 4.21. The van der Waals surface area contributed by atoms with E-state index in [1.807, 2.05) is 0 Å². The highest BCUT2D eigenvalue weighted by atomic mass is 19.1. The Kier molecular flexibility index (Phi) is 3.36. The molecule has 1 fully saturated rings. The summed E-state index contributed by atoms with van der Waals surface area (Å²) in [6.45, 7) is 3.15. The van der Waals surface area contributed by atoms with Gasteiger partial charge in [0.15, 0.2) is 0 Å². The first-order valence-electron chi connectivity index (χ1n) is 6.66. The molecular weight excluding hydrogens is 291 g/mol. The van der Waals surface area contributed by atoms with Crippen molar-refractivity contribution in [3.8, 4) is 0 Å². The summed E-state index contributed by atoms with van der Waals surface area (Å²) in [6.07, 6.45) is 0. The monoisotopic (exact) mass is 304 g/mol. The fraction of sp³-hybridized carbons (Fsp3) is 0.286. The highest BCUT2D eigenvalue weighted by Gasteiger charge is 2.43. The molecule has 0 N–H and O–H groups in total. The first kappa shape index (κ1) is 14.2. The van der Waals surface area contributed by atoms with Crippen molar-refractivity contribution in [3.63, 3.8) is 0 Å². The van der Waals surface area contributed by atoms with E-state index in [-0.39, 0.29) is 18.3 Å². The van der Waals surface area contributed by atoms with Crippen LogP contribution in [0.5, 0.6) is 0 Å². The molecule has 0 bridgehead atoms. The average molecular weight is 304 g/mol. The number of anilines is 1. The molecule has 1 unspecified atom stereocenters. The van der Waals surface area contributed by atoms with Gasteiger partial charge in [-0.3, -0.25) is 14.6 Å². The number of halogens is 1. The summed E-state index contributed by atoms with van der Waals surface area (Å²) in [5.74, 6) is -0.234. The Hall–Kier alpha value is -2.77. The molecule has 2 aromatic rings. The smallest absolute Gasteiger partial charge is 0.332 e. The lowest BCUT2D eigenvalue weighted by atomic mass is 10.2. The molecule has 7 nitrogen and oxygen atoms in total. The van der Waals surface area contributed by atoms with Crippen LogP contribution in [0.1, 0.15) is 18.7 Å². The second kappa shape index (κ2) is 5.21. The van der Waals surface area contributed by atoms with Crippen LogP contribution in [0.2, 0.25) is 0 Å². The molecule has 1 aromatic carbocycles. The van der Waals surface area contributed by atoms with Crippen LogP contribution >= 0.6 is 0 Å². The summed E-state index contributed by atoms with van der Waals surface area (Å²) < 4.78 is 18.2. The zero-order chi connectivity index (χ0) is 15.9. The van der Waals surface area contributed by atoms with E-state index in [4.69, 9.17) is 4.42 Å². The quantitative estimate of drug-likeness (QED) is 0.809. The van der Waals surface area contributed by atoms with Crippen molar-refractivity contribution >= 4 is 17.6 Å². The fourth-order valence-corrected chi connectivity index (χ4v) is 2.34. The van der Waals surface area contributed by atoms with Crippen molar-refractivity contribution in [1.29, 1.82) is 0 Å². The van der Waals surface area contributed by atoms with E-state index in [0.717, 1.165) is 4.90 Å². The van der Waals surface area contributed by atoms with E-state index in [9.17, 15) is 14.0 Å². The summed E-state index contributed by atoms with van der Waals surface area (Å²) in [7, 11) is 0. The van der Waals surface area contributed by atoms with Crippen molar-refractivity contribution < 1.29 is 18.4 Å². The maximum Gasteiger partial charge on any atom is 0.332 e. The average Bonchev–Trinajstić information content (AvgIpc) is 2.98. The Morgan fingerprint density at radius 1 is 1.23 bits per heavy atom. The number of aromatic nitrogens is 2. The number of benzene rings is 1. The van der Waals surface area contributed by atoms with Gasteiger partial charge in [-0.15, -0.1) is 10.2 Å². The van der Waals surface area contributed by atoms with Crippen LogP contribution in [-0.4, -0.2) is 33.1 Å². The molecule has 2 heterocycles. The summed E-state index contributed by atoms with van der Waals surface area (Å²) in [4.78, 5) is 27.1. The molecule has 1 atom stereocenters. The maximum absolute atomic E-state index is 13.0. The van der Waals surface area contributed by atoms with Gasteiger partial charge < -0.3 is 4.42 Å². The van der Waals surface area contributed by atoms with Gasteiger partial charge in [0, 0.05) is 12.6 Å². The lowest BCUT2D eigenvalue weighted by Crippen LogP contribution is -2.33. The van der Waals surface area contributed by atoms with E-state index >= 15 is 0 Å². The molecule has 3 amide bonds. The minimum absolute atomic E-state index is 0.0828. The van der Waals surface area contributed by atoms with E-state index < -0.39 is 17.9 Å². The van der Waals surface area contributed by atoms with Crippen LogP contribution in [0.25, 0.3) is 0 Å². The van der Waals surface area contributed by atoms with Crippen LogP contribution in [0, 0.1) is 12.7 Å². The molecule has 22 heavy (non-hydrogen) atoms. The lowest BCUT2D eigenvalue weighted by molar-refractivity contribution is -0.127. The normalized spacial score (nSPS) is 18.4. The molecule has 8 heteroatoms. The van der Waals surface area contributed by atoms with Crippen LogP contribution in [0.3, 0.4) is 0 Å². The number of carbonyl (C=O) groups is 2. The Balaban J connectivity index is 1.87. The molecule has 0 spiro atoms. The molecular formula is C14H13FN4O3. The third-order valence-corrected chi connectivity index (χ3v) is 3.41. The van der Waals surface area contributed by atoms with Gasteiger partial charge >= 0.3 is 6.03 Å². The first-order chi connectivity index (χ1) is 10.5. The number of urea groups is 1. The van der Waals surface area contributed by atoms with E-state index in [1.165, 1.54) is 29.2 Å². The highest BCUT2D eigenvalue weighted by Crippen LogP contribution is 2.26. The molecule has 0 radical (unpaired) electrons. The van der Waals surface area contributed by atoms with Crippen LogP contribution < -0.4 is 4.90 Å². The second-order valence-corrected chi connectivity index (χ2v) is 4.94. The number of aryl methyl sites for hydroxylation is 1. The third-order valence-electron chi connectivity index (χ3n) is 3.41. The number of amides is 3. The Bertz CT molecular complexity index is 728. The largest absolute Gasteiger partial charge is 0.424 e. The van der Waals surface area contributed by atoms with Gasteiger partial charge in [0.2, 0.25) is 11.8 Å². The van der Waals surface area contributed by atoms with E-state index in [2.05, 4.69) is 10.2 Å². The highest BCUT2D eigenvalue weighted by molar-refractivity contribution is 6.13. The number of imide groups is 1. The van der Waals surface area contributed by atoms with Crippen molar-refractivity contribution in [2.24, 2.45) is 0 Å². The van der Waals surface area contributed by atoms with Crippen molar-refractivity contribution in [2.75, 3.05) is 4.90 Å². The number of hydrogen-bond donors (Lipinski definition) is 0. The Morgan fingerprint density at radius 3 is 2.50 bits per heavy atom. The zero-order valence-electron chi connectivity index (χ0n) is 12.0. The van der Waals surface area contributed by atoms with Gasteiger partial charge in [-0.1, -0.05) is 0 Å². The summed E-state index contributed by atoms with van der Waals surface area (Å²) in [5, 5.41) is 7.45. The molecule has 1 aliphatic heterocycles. The van der Waals surface area contributed by atoms with Gasteiger partial charge in [0.1, 0.15) is 18.4 Å². The molecule has 0 saturated carbocycles. The number of hydrogen-bond acceptors (Lipinski definition) is 5. The minimum Gasteiger partial charge on any atom is -0.424 e. The molecule has 0 aliphatic carbocycles. The number of carbonyl (C=O) groups excluding carboxylic acids is 2. The maximum atomic E-state index is 13.0. The van der Waals surface area contributed by atoms with Gasteiger partial charge in [-0.2, -0.15) is 0 Å². The fourth-order valence-electron chi connectivity index (χ4n) is 2.34. The van der Waals surface area contributed by atoms with Gasteiger partial charge in [-0.05, 0) is 31.2 Å². The van der Waals surface area contributed by atoms with Crippen LogP contribution in [0.15, 0.2) is 28.7 Å². The summed E-state index contributed by atoms with van der Waals surface area (Å²) >= 11 is 0. The van der Waals surface area contributed by atoms with Crippen molar-refractivity contribution in [1.82, 2.24) is 15.1 Å². The van der Waals surface area contributed by atoms with Crippen LogP contribution in [-0.2, 0) is 11.3 Å². The molecule has 1 aromatic heterocycles. The lowest BCUT2D eigenvalue weighted by Gasteiger charge is -2.19. The molecule has 1 aliphatic rings. The predicted molar refractivity (Wildman–Crippen MR) is 73.3 cm³/mol. The number of rotatable bonds is 3.